The van der Waals surface area contributed by atoms with Crippen molar-refractivity contribution in [2.24, 2.45) is 0 Å². The van der Waals surface area contributed by atoms with E-state index in [-0.39, 0.29) is 32.5 Å². The highest BCUT2D eigenvalue weighted by Crippen LogP contribution is 2.26. The van der Waals surface area contributed by atoms with Crippen molar-refractivity contribution in [3.05, 3.63) is 0 Å². The van der Waals surface area contributed by atoms with Crippen LogP contribution in [0.15, 0.2) is 0 Å². The van der Waals surface area contributed by atoms with Gasteiger partial charge in [0.1, 0.15) is 6.04 Å². The Morgan fingerprint density at radius 1 is 1.20 bits per heavy atom. The fourth-order valence-corrected chi connectivity index (χ4v) is 3.71. The summed E-state index contributed by atoms with van der Waals surface area (Å²) in [5, 5.41) is 2.34. The lowest BCUT2D eigenvalue weighted by Crippen LogP contribution is -2.57. The van der Waals surface area contributed by atoms with E-state index < -0.39 is 28.5 Å². The van der Waals surface area contributed by atoms with Crippen LogP contribution in [0.4, 0.5) is 13.2 Å². The molecule has 0 saturated carbocycles. The van der Waals surface area contributed by atoms with Crippen molar-refractivity contribution >= 4 is 10.2 Å². The maximum atomic E-state index is 12.5. The normalized spacial score (nSPS) is 30.4. The highest BCUT2D eigenvalue weighted by atomic mass is 32.2. The zero-order chi connectivity index (χ0) is 14.8. The monoisotopic (exact) mass is 317 g/mol. The summed E-state index contributed by atoms with van der Waals surface area (Å²) < 4.78 is 70.3. The summed E-state index contributed by atoms with van der Waals surface area (Å²) in [7, 11) is -3.65. The average molecular weight is 317 g/mol. The smallest absolute Gasteiger partial charge is 0.379 e. The van der Waals surface area contributed by atoms with Crippen LogP contribution in [0.25, 0.3) is 0 Å². The lowest BCUT2D eigenvalue weighted by molar-refractivity contribution is -0.160. The van der Waals surface area contributed by atoms with E-state index >= 15 is 0 Å². The molecule has 0 aromatic rings. The summed E-state index contributed by atoms with van der Waals surface area (Å²) in [6.45, 7) is 1.18. The Hall–Kier alpha value is -0.420. The van der Waals surface area contributed by atoms with E-state index in [1.54, 1.807) is 0 Å². The van der Waals surface area contributed by atoms with Crippen molar-refractivity contribution in [2.45, 2.75) is 31.1 Å². The van der Waals surface area contributed by atoms with Crippen LogP contribution in [0, 0.1) is 0 Å². The number of nitrogens with zero attached hydrogens (tertiary/aromatic N) is 1. The molecule has 2 unspecified atom stereocenters. The van der Waals surface area contributed by atoms with E-state index in [4.69, 9.17) is 4.74 Å². The summed E-state index contributed by atoms with van der Waals surface area (Å²) in [6.07, 6.45) is -4.24. The second kappa shape index (κ2) is 6.14. The Bertz CT molecular complexity index is 415. The molecule has 2 saturated heterocycles. The molecule has 2 rings (SSSR count). The lowest BCUT2D eigenvalue weighted by Gasteiger charge is -2.33. The number of rotatable bonds is 3. The molecule has 20 heavy (non-hydrogen) atoms. The number of ether oxygens (including phenoxy) is 1. The van der Waals surface area contributed by atoms with Crippen LogP contribution in [0.2, 0.25) is 0 Å². The minimum absolute atomic E-state index is 0.0201. The summed E-state index contributed by atoms with van der Waals surface area (Å²) in [6, 6.07) is -2.06. The number of nitrogens with one attached hydrogen (secondary N) is 2. The van der Waals surface area contributed by atoms with E-state index in [9.17, 15) is 21.6 Å². The lowest BCUT2D eigenvalue weighted by atomic mass is 10.0. The topological polar surface area (TPSA) is 70.7 Å². The largest absolute Gasteiger partial charge is 0.403 e. The highest BCUT2D eigenvalue weighted by Gasteiger charge is 2.42. The fourth-order valence-electron chi connectivity index (χ4n) is 2.31. The molecule has 0 aromatic carbocycles. The van der Waals surface area contributed by atoms with Gasteiger partial charge in [0.05, 0.1) is 13.2 Å². The molecule has 2 aliphatic heterocycles. The zero-order valence-corrected chi connectivity index (χ0v) is 11.6. The van der Waals surface area contributed by atoms with E-state index in [1.165, 1.54) is 4.31 Å². The molecule has 2 atom stereocenters. The van der Waals surface area contributed by atoms with Crippen LogP contribution in [0.1, 0.15) is 12.8 Å². The molecule has 118 valence electrons. The Morgan fingerprint density at radius 3 is 2.35 bits per heavy atom. The standard InChI is InChI=1S/C10H18F3N3O3S/c11-10(12,13)9-2-1-8(7-14-9)15-20(17,18)16-3-5-19-6-4-16/h8-9,14-15H,1-7H2. The van der Waals surface area contributed by atoms with Crippen LogP contribution < -0.4 is 10.0 Å². The second-order valence-corrected chi connectivity index (χ2v) is 6.61. The number of piperidine rings is 1. The number of hydrogen-bond acceptors (Lipinski definition) is 4. The molecule has 0 amide bonds. The fraction of sp³-hybridized carbons (Fsp3) is 1.00. The first-order valence-corrected chi connectivity index (χ1v) is 7.88. The number of alkyl halides is 3. The van der Waals surface area contributed by atoms with Crippen molar-refractivity contribution < 1.29 is 26.3 Å². The minimum atomic E-state index is -4.28. The molecular weight excluding hydrogens is 299 g/mol. The summed E-state index contributed by atoms with van der Waals surface area (Å²) in [4.78, 5) is 0. The SMILES string of the molecule is O=S(=O)(NC1CCC(C(F)(F)F)NC1)N1CCOCC1. The molecule has 0 radical (unpaired) electrons. The van der Waals surface area contributed by atoms with Crippen molar-refractivity contribution in [3.63, 3.8) is 0 Å². The van der Waals surface area contributed by atoms with Gasteiger partial charge in [0, 0.05) is 25.7 Å². The van der Waals surface area contributed by atoms with Crippen LogP contribution >= 0.6 is 0 Å². The second-order valence-electron chi connectivity index (χ2n) is 4.91. The Kier molecular flexibility index (Phi) is 4.90. The van der Waals surface area contributed by atoms with Gasteiger partial charge >= 0.3 is 6.18 Å². The Labute approximate surface area is 115 Å². The predicted molar refractivity (Wildman–Crippen MR) is 65.3 cm³/mol. The number of hydrogen-bond donors (Lipinski definition) is 2. The third-order valence-corrected chi connectivity index (χ3v) is 5.11. The van der Waals surface area contributed by atoms with E-state index in [0.29, 0.717) is 13.2 Å². The Morgan fingerprint density at radius 2 is 1.85 bits per heavy atom. The first kappa shape index (κ1) is 16.0. The van der Waals surface area contributed by atoms with Gasteiger partial charge in [-0.05, 0) is 12.8 Å². The van der Waals surface area contributed by atoms with Gasteiger partial charge in [-0.25, -0.2) is 0 Å². The predicted octanol–water partition coefficient (Wildman–Crippen LogP) is -0.164. The van der Waals surface area contributed by atoms with Crippen LogP contribution in [0.5, 0.6) is 0 Å². The van der Waals surface area contributed by atoms with Gasteiger partial charge in [-0.15, -0.1) is 0 Å². The molecule has 6 nitrogen and oxygen atoms in total. The Balaban J connectivity index is 1.85. The summed E-state index contributed by atoms with van der Waals surface area (Å²) in [5.74, 6) is 0. The van der Waals surface area contributed by atoms with Gasteiger partial charge in [-0.3, -0.25) is 0 Å². The maximum absolute atomic E-state index is 12.5. The number of morpholine rings is 1. The molecular formula is C10H18F3N3O3S. The van der Waals surface area contributed by atoms with Crippen LogP contribution in [-0.4, -0.2) is 63.8 Å². The highest BCUT2D eigenvalue weighted by molar-refractivity contribution is 7.87. The molecule has 2 fully saturated rings. The molecule has 0 aliphatic carbocycles. The van der Waals surface area contributed by atoms with Gasteiger partial charge in [-0.2, -0.15) is 30.6 Å². The third-order valence-electron chi connectivity index (χ3n) is 3.44. The molecule has 10 heteroatoms. The first-order valence-electron chi connectivity index (χ1n) is 6.44. The quantitative estimate of drug-likeness (QED) is 0.759. The van der Waals surface area contributed by atoms with Gasteiger partial charge < -0.3 is 10.1 Å². The van der Waals surface area contributed by atoms with Gasteiger partial charge in [0.15, 0.2) is 0 Å². The van der Waals surface area contributed by atoms with E-state index in [1.807, 2.05) is 0 Å². The van der Waals surface area contributed by atoms with Gasteiger partial charge in [-0.1, -0.05) is 0 Å². The average Bonchev–Trinajstić information content (AvgIpc) is 2.39. The zero-order valence-electron chi connectivity index (χ0n) is 10.8. The summed E-state index contributed by atoms with van der Waals surface area (Å²) in [5.41, 5.74) is 0. The molecule has 2 heterocycles. The van der Waals surface area contributed by atoms with Gasteiger partial charge in [0.2, 0.25) is 0 Å². The van der Waals surface area contributed by atoms with E-state index in [0.717, 1.165) is 0 Å². The molecule has 0 aromatic heterocycles. The first-order chi connectivity index (χ1) is 9.29. The van der Waals surface area contributed by atoms with Crippen molar-refractivity contribution in [1.82, 2.24) is 14.3 Å². The molecule has 2 N–H and O–H groups in total. The molecule has 0 spiro atoms. The van der Waals surface area contributed by atoms with Gasteiger partial charge in [0.25, 0.3) is 10.2 Å². The third kappa shape index (κ3) is 4.04. The maximum Gasteiger partial charge on any atom is 0.403 e. The van der Waals surface area contributed by atoms with Crippen LogP contribution in [-0.2, 0) is 14.9 Å². The van der Waals surface area contributed by atoms with E-state index in [2.05, 4.69) is 10.0 Å². The van der Waals surface area contributed by atoms with Crippen molar-refractivity contribution in [2.75, 3.05) is 32.8 Å². The van der Waals surface area contributed by atoms with Crippen molar-refractivity contribution in [3.8, 4) is 0 Å². The molecule has 0 bridgehead atoms. The van der Waals surface area contributed by atoms with Crippen LogP contribution in [0.3, 0.4) is 0 Å². The minimum Gasteiger partial charge on any atom is -0.379 e. The number of halogens is 3. The molecule has 2 aliphatic rings. The summed E-state index contributed by atoms with van der Waals surface area (Å²) >= 11 is 0. The van der Waals surface area contributed by atoms with Crippen molar-refractivity contribution in [1.29, 1.82) is 0 Å².